The highest BCUT2D eigenvalue weighted by molar-refractivity contribution is 7.13. The van der Waals surface area contributed by atoms with Gasteiger partial charge in [0.2, 0.25) is 17.7 Å². The maximum atomic E-state index is 13.9. The van der Waals surface area contributed by atoms with Gasteiger partial charge in [0.1, 0.15) is 12.1 Å². The number of aliphatic hydroxyl groups is 2. The number of rotatable bonds is 12. The summed E-state index contributed by atoms with van der Waals surface area (Å²) in [5.74, 6) is -0.972. The van der Waals surface area contributed by atoms with Crippen molar-refractivity contribution in [2.75, 3.05) is 32.8 Å². The Balaban J connectivity index is 1.14. The molecular formula is C35H51N5O6S. The Kier molecular flexibility index (Phi) is 11.1. The number of aromatic nitrogens is 1. The molecule has 0 unspecified atom stereocenters. The number of nitrogens with zero attached hydrogens (tertiary/aromatic N) is 3. The molecule has 3 aliphatic heterocycles. The number of ether oxygens (including phenoxy) is 1. The molecule has 11 nitrogen and oxygen atoms in total. The number of aryl methyl sites for hydroxylation is 1. The third kappa shape index (κ3) is 8.05. The van der Waals surface area contributed by atoms with E-state index in [4.69, 9.17) is 4.74 Å². The van der Waals surface area contributed by atoms with Crippen LogP contribution in [0.15, 0.2) is 29.8 Å². The van der Waals surface area contributed by atoms with Crippen LogP contribution in [0.4, 0.5) is 0 Å². The fourth-order valence-corrected chi connectivity index (χ4v) is 8.14. The zero-order valence-corrected chi connectivity index (χ0v) is 29.1. The summed E-state index contributed by atoms with van der Waals surface area (Å²) >= 11 is 1.59. The molecule has 1 aromatic heterocycles. The minimum Gasteiger partial charge on any atom is -0.394 e. The predicted octanol–water partition coefficient (Wildman–Crippen LogP) is 3.18. The second-order valence-corrected chi connectivity index (χ2v) is 15.5. The van der Waals surface area contributed by atoms with Crippen LogP contribution in [-0.2, 0) is 19.1 Å². The third-order valence-corrected chi connectivity index (χ3v) is 11.0. The van der Waals surface area contributed by atoms with E-state index in [9.17, 15) is 24.6 Å². The minimum absolute atomic E-state index is 0.0260. The van der Waals surface area contributed by atoms with Crippen LogP contribution in [0.5, 0.6) is 0 Å². The normalized spacial score (nSPS) is 25.9. The molecule has 0 bridgehead atoms. The Hall–Kier alpha value is -2.90. The van der Waals surface area contributed by atoms with Crippen LogP contribution >= 0.6 is 11.3 Å². The number of fused-ring (bicyclic) bond motifs is 1. The van der Waals surface area contributed by atoms with Crippen LogP contribution in [0.3, 0.4) is 0 Å². The first-order valence-electron chi connectivity index (χ1n) is 16.9. The predicted molar refractivity (Wildman–Crippen MR) is 181 cm³/mol. The van der Waals surface area contributed by atoms with Gasteiger partial charge in [-0.05, 0) is 62.6 Å². The molecule has 3 fully saturated rings. The van der Waals surface area contributed by atoms with Gasteiger partial charge in [-0.2, -0.15) is 0 Å². The lowest BCUT2D eigenvalue weighted by molar-refractivity contribution is -0.144. The summed E-state index contributed by atoms with van der Waals surface area (Å²) in [6.07, 6.45) is 2.96. The molecule has 0 spiro atoms. The lowest BCUT2D eigenvalue weighted by Gasteiger charge is -2.35. The zero-order valence-electron chi connectivity index (χ0n) is 28.3. The van der Waals surface area contributed by atoms with Crippen molar-refractivity contribution < 1.29 is 29.3 Å². The lowest BCUT2D eigenvalue weighted by atomic mass is 9.85. The Morgan fingerprint density at radius 3 is 2.55 bits per heavy atom. The van der Waals surface area contributed by atoms with Gasteiger partial charge in [0.05, 0.1) is 40.9 Å². The van der Waals surface area contributed by atoms with Crippen molar-refractivity contribution in [2.45, 2.75) is 109 Å². The van der Waals surface area contributed by atoms with Gasteiger partial charge in [-0.1, -0.05) is 45.0 Å². The summed E-state index contributed by atoms with van der Waals surface area (Å²) in [7, 11) is 0. The van der Waals surface area contributed by atoms with E-state index >= 15 is 0 Å². The first-order valence-corrected chi connectivity index (χ1v) is 17.8. The van der Waals surface area contributed by atoms with Crippen molar-refractivity contribution in [1.29, 1.82) is 0 Å². The molecule has 3 aliphatic rings. The molecule has 12 heteroatoms. The Morgan fingerprint density at radius 1 is 1.17 bits per heavy atom. The molecule has 258 valence electrons. The number of hydrogen-bond donors (Lipinski definition) is 4. The van der Waals surface area contributed by atoms with Crippen molar-refractivity contribution in [2.24, 2.45) is 5.41 Å². The molecule has 2 aromatic rings. The second-order valence-electron chi connectivity index (χ2n) is 14.6. The highest BCUT2D eigenvalue weighted by Gasteiger charge is 2.48. The van der Waals surface area contributed by atoms with Gasteiger partial charge in [-0.15, -0.1) is 11.3 Å². The van der Waals surface area contributed by atoms with Crippen LogP contribution in [-0.4, -0.2) is 105 Å². The van der Waals surface area contributed by atoms with Gasteiger partial charge in [0.25, 0.3) is 0 Å². The lowest BCUT2D eigenvalue weighted by Crippen LogP contribution is -2.57. The van der Waals surface area contributed by atoms with E-state index < -0.39 is 23.6 Å². The van der Waals surface area contributed by atoms with Gasteiger partial charge in [0, 0.05) is 38.1 Å². The fourth-order valence-electron chi connectivity index (χ4n) is 7.33. The molecule has 4 heterocycles. The number of β-amino-alcohol motifs (C(OH)–C–C–N with tert-alkyl or cyclic N) is 1. The SMILES string of the molecule is Cc1ncsc1-c1ccc([C@H](C)NC(=O)[C@@H]2C[C@@H](O)CN2C(=O)[C@@H](NC(=O)CCCO[C@@H]2CN3CCC[C@]3(CO)C2)C(C)(C)C)cc1. The third-order valence-electron chi connectivity index (χ3n) is 10.0. The van der Waals surface area contributed by atoms with Crippen LogP contribution < -0.4 is 10.6 Å². The fraction of sp³-hybridized carbons (Fsp3) is 0.657. The number of nitrogens with one attached hydrogen (secondary N) is 2. The molecular weight excluding hydrogens is 618 g/mol. The molecule has 3 amide bonds. The topological polar surface area (TPSA) is 144 Å². The van der Waals surface area contributed by atoms with E-state index in [0.29, 0.717) is 13.0 Å². The van der Waals surface area contributed by atoms with Crippen molar-refractivity contribution in [3.63, 3.8) is 0 Å². The second kappa shape index (κ2) is 14.7. The molecule has 0 saturated carbocycles. The van der Waals surface area contributed by atoms with Crippen molar-refractivity contribution in [3.05, 3.63) is 41.0 Å². The largest absolute Gasteiger partial charge is 0.394 e. The number of thiazole rings is 1. The first-order chi connectivity index (χ1) is 22.3. The van der Waals surface area contributed by atoms with E-state index in [1.807, 2.05) is 64.4 Å². The van der Waals surface area contributed by atoms with E-state index in [1.54, 1.807) is 11.3 Å². The Bertz CT molecular complexity index is 1410. The standard InChI is InChI=1S/C35H51N5O6S/c1-22(24-9-11-25(12-10-24)30-23(2)36-21-47-30)37-32(44)28-16-26(42)18-40(28)33(45)31(34(3,4)5)38-29(43)8-6-15-46-27-17-35(20-41)13-7-14-39(35)19-27/h9-12,21-22,26-28,31,41-42H,6-8,13-20H2,1-5H3,(H,37,44)(H,38,43)/t22-,26+,27-,28-,31+,35+/m0/s1. The first kappa shape index (κ1) is 35.4. The molecule has 47 heavy (non-hydrogen) atoms. The van der Waals surface area contributed by atoms with Crippen LogP contribution in [0.1, 0.15) is 83.5 Å². The van der Waals surface area contributed by atoms with Gasteiger partial charge in [-0.3, -0.25) is 19.3 Å². The number of carbonyl (C=O) groups is 3. The molecule has 3 saturated heterocycles. The molecule has 4 N–H and O–H groups in total. The highest BCUT2D eigenvalue weighted by atomic mass is 32.1. The summed E-state index contributed by atoms with van der Waals surface area (Å²) in [6.45, 7) is 11.9. The summed E-state index contributed by atoms with van der Waals surface area (Å²) in [5.41, 5.74) is 4.01. The number of benzene rings is 1. The number of likely N-dealkylation sites (tertiary alicyclic amines) is 1. The molecule has 6 atom stereocenters. The molecule has 1 aromatic carbocycles. The average molecular weight is 670 g/mol. The minimum atomic E-state index is -0.872. The van der Waals surface area contributed by atoms with Crippen LogP contribution in [0, 0.1) is 12.3 Å². The molecule has 0 radical (unpaired) electrons. The van der Waals surface area contributed by atoms with Gasteiger partial charge in [-0.25, -0.2) is 4.98 Å². The average Bonchev–Trinajstić information content (AvgIpc) is 3.80. The van der Waals surface area contributed by atoms with Crippen LogP contribution in [0.2, 0.25) is 0 Å². The van der Waals surface area contributed by atoms with E-state index in [2.05, 4.69) is 20.5 Å². The zero-order chi connectivity index (χ0) is 33.9. The Labute approximate surface area is 282 Å². The van der Waals surface area contributed by atoms with E-state index in [0.717, 1.165) is 54.0 Å². The van der Waals surface area contributed by atoms with Gasteiger partial charge in [0.15, 0.2) is 0 Å². The highest BCUT2D eigenvalue weighted by Crippen LogP contribution is 2.39. The van der Waals surface area contributed by atoms with E-state index in [-0.39, 0.29) is 61.4 Å². The van der Waals surface area contributed by atoms with Crippen molar-refractivity contribution in [1.82, 2.24) is 25.4 Å². The monoisotopic (exact) mass is 669 g/mol. The molecule has 0 aliphatic carbocycles. The van der Waals surface area contributed by atoms with Crippen molar-refractivity contribution >= 4 is 29.1 Å². The van der Waals surface area contributed by atoms with Gasteiger partial charge < -0.3 is 30.5 Å². The van der Waals surface area contributed by atoms with E-state index in [1.165, 1.54) is 4.90 Å². The quantitative estimate of drug-likeness (QED) is 0.253. The number of amides is 3. The number of carbonyl (C=O) groups excluding carboxylic acids is 3. The maximum absolute atomic E-state index is 13.9. The summed E-state index contributed by atoms with van der Waals surface area (Å²) in [6, 6.07) is 5.94. The van der Waals surface area contributed by atoms with Gasteiger partial charge >= 0.3 is 0 Å². The maximum Gasteiger partial charge on any atom is 0.246 e. The number of hydrogen-bond acceptors (Lipinski definition) is 9. The summed E-state index contributed by atoms with van der Waals surface area (Å²) < 4.78 is 6.08. The summed E-state index contributed by atoms with van der Waals surface area (Å²) in [4.78, 5) is 49.7. The molecule has 5 rings (SSSR count). The smallest absolute Gasteiger partial charge is 0.246 e. The Morgan fingerprint density at radius 2 is 1.91 bits per heavy atom. The number of aliphatic hydroxyl groups excluding tert-OH is 2. The van der Waals surface area contributed by atoms with Crippen molar-refractivity contribution in [3.8, 4) is 10.4 Å². The van der Waals surface area contributed by atoms with Crippen LogP contribution in [0.25, 0.3) is 10.4 Å². The summed E-state index contributed by atoms with van der Waals surface area (Å²) in [5, 5.41) is 26.4.